The fourth-order valence-corrected chi connectivity index (χ4v) is 3.45. The topological polar surface area (TPSA) is 83.1 Å². The molecule has 1 aliphatic heterocycles. The van der Waals surface area contributed by atoms with Crippen LogP contribution in [-0.4, -0.2) is 45.2 Å². The minimum absolute atomic E-state index is 0.0127. The number of carbonyl (C=O) groups is 1. The van der Waals surface area contributed by atoms with E-state index in [0.717, 1.165) is 31.1 Å². The molecule has 0 saturated carbocycles. The van der Waals surface area contributed by atoms with Gasteiger partial charge in [-0.25, -0.2) is 4.98 Å². The summed E-state index contributed by atoms with van der Waals surface area (Å²) in [6.07, 6.45) is -3.13. The maximum atomic E-state index is 13.0. The van der Waals surface area contributed by atoms with E-state index in [1.807, 2.05) is 6.92 Å². The Morgan fingerprint density at radius 3 is 2.83 bits per heavy atom. The van der Waals surface area contributed by atoms with E-state index in [9.17, 15) is 18.0 Å². The molecule has 1 fully saturated rings. The van der Waals surface area contributed by atoms with Gasteiger partial charge in [0.2, 0.25) is 5.91 Å². The summed E-state index contributed by atoms with van der Waals surface area (Å²) < 4.78 is 44.9. The van der Waals surface area contributed by atoms with Gasteiger partial charge in [-0.15, -0.1) is 0 Å². The summed E-state index contributed by atoms with van der Waals surface area (Å²) in [7, 11) is 0. The first-order valence-corrected chi connectivity index (χ1v) is 9.41. The maximum absolute atomic E-state index is 13.0. The fraction of sp³-hybridized carbons (Fsp3) is 0.526. The predicted octanol–water partition coefficient (Wildman–Crippen LogP) is 3.69. The van der Waals surface area contributed by atoms with Crippen molar-refractivity contribution in [1.29, 1.82) is 0 Å². The average molecular weight is 411 g/mol. The maximum Gasteiger partial charge on any atom is 0.433 e. The third-order valence-electron chi connectivity index (χ3n) is 4.83. The smallest absolute Gasteiger partial charge is 0.433 e. The van der Waals surface area contributed by atoms with E-state index in [4.69, 9.17) is 4.74 Å². The number of likely N-dealkylation sites (tertiary alicyclic amines) is 1. The van der Waals surface area contributed by atoms with Gasteiger partial charge in [-0.1, -0.05) is 0 Å². The molecule has 158 valence electrons. The highest BCUT2D eigenvalue weighted by molar-refractivity contribution is 5.87. The van der Waals surface area contributed by atoms with Gasteiger partial charge in [0.1, 0.15) is 17.5 Å². The van der Waals surface area contributed by atoms with Gasteiger partial charge in [-0.3, -0.25) is 14.8 Å². The Kier molecular flexibility index (Phi) is 6.11. The minimum atomic E-state index is -4.51. The van der Waals surface area contributed by atoms with Gasteiger partial charge < -0.3 is 10.1 Å². The Labute approximate surface area is 166 Å². The number of aryl methyl sites for hydroxylation is 1. The summed E-state index contributed by atoms with van der Waals surface area (Å²) in [5.74, 6) is 0.433. The zero-order valence-corrected chi connectivity index (χ0v) is 16.5. The van der Waals surface area contributed by atoms with Crippen LogP contribution < -0.4 is 10.1 Å². The Balaban J connectivity index is 1.67. The number of nitrogens with zero attached hydrogens (tertiary/aromatic N) is 3. The summed E-state index contributed by atoms with van der Waals surface area (Å²) in [5, 5.41) is 9.62. The van der Waals surface area contributed by atoms with Crippen LogP contribution in [0.2, 0.25) is 0 Å². The van der Waals surface area contributed by atoms with E-state index < -0.39 is 11.9 Å². The molecule has 2 aromatic rings. The lowest BCUT2D eigenvalue weighted by Crippen LogP contribution is -2.42. The molecule has 0 bridgehead atoms. The molecular formula is C19H24F3N5O2. The summed E-state index contributed by atoms with van der Waals surface area (Å²) in [6.45, 7) is 6.33. The molecule has 10 heteroatoms. The second-order valence-corrected chi connectivity index (χ2v) is 7.27. The molecule has 3 rings (SSSR count). The number of alkyl halides is 3. The van der Waals surface area contributed by atoms with Gasteiger partial charge in [0.15, 0.2) is 5.82 Å². The lowest BCUT2D eigenvalue weighted by atomic mass is 10.0. The molecule has 2 atom stereocenters. The number of rotatable bonds is 5. The van der Waals surface area contributed by atoms with Crippen molar-refractivity contribution in [2.24, 2.45) is 0 Å². The average Bonchev–Trinajstić information content (AvgIpc) is 3.07. The molecule has 1 amide bonds. The second kappa shape index (κ2) is 8.40. The number of carbonyl (C=O) groups excluding carboxylic acids is 1. The number of pyridine rings is 1. The van der Waals surface area contributed by atoms with Crippen LogP contribution in [0.1, 0.15) is 49.8 Å². The molecule has 0 aliphatic carbocycles. The summed E-state index contributed by atoms with van der Waals surface area (Å²) >= 11 is 0. The van der Waals surface area contributed by atoms with Crippen molar-refractivity contribution in [2.75, 3.05) is 18.4 Å². The molecule has 3 heterocycles. The number of hydrogen-bond acceptors (Lipinski definition) is 5. The highest BCUT2D eigenvalue weighted by Crippen LogP contribution is 2.32. The molecule has 2 N–H and O–H groups in total. The van der Waals surface area contributed by atoms with E-state index in [0.29, 0.717) is 12.4 Å². The quantitative estimate of drug-likeness (QED) is 0.784. The zero-order valence-electron chi connectivity index (χ0n) is 16.5. The first-order chi connectivity index (χ1) is 13.6. The number of H-pyrrole nitrogens is 1. The summed E-state index contributed by atoms with van der Waals surface area (Å²) in [4.78, 5) is 16.9. The van der Waals surface area contributed by atoms with Gasteiger partial charge in [-0.05, 0) is 33.2 Å². The normalized spacial score (nSPS) is 19.0. The molecule has 0 radical (unpaired) electrons. The van der Waals surface area contributed by atoms with Crippen LogP contribution in [0.25, 0.3) is 0 Å². The first kappa shape index (κ1) is 21.1. The number of halogens is 3. The van der Waals surface area contributed by atoms with Crippen LogP contribution in [0.4, 0.5) is 19.0 Å². The van der Waals surface area contributed by atoms with Crippen LogP contribution in [0.5, 0.6) is 5.75 Å². The number of aromatic nitrogens is 3. The molecule has 7 nitrogen and oxygen atoms in total. The second-order valence-electron chi connectivity index (χ2n) is 7.27. The van der Waals surface area contributed by atoms with Crippen molar-refractivity contribution in [3.05, 3.63) is 35.3 Å². The van der Waals surface area contributed by atoms with Crippen LogP contribution in [-0.2, 0) is 11.0 Å². The highest BCUT2D eigenvalue weighted by Gasteiger charge is 2.34. The van der Waals surface area contributed by atoms with Crippen LogP contribution in [0, 0.1) is 6.92 Å². The molecule has 0 spiro atoms. The Bertz CT molecular complexity index is 868. The van der Waals surface area contributed by atoms with Crippen LogP contribution in [0.3, 0.4) is 0 Å². The van der Waals surface area contributed by atoms with Crippen molar-refractivity contribution in [1.82, 2.24) is 20.1 Å². The number of amides is 1. The monoisotopic (exact) mass is 411 g/mol. The number of ether oxygens (including phenoxy) is 1. The van der Waals surface area contributed by atoms with Crippen molar-refractivity contribution in [3.8, 4) is 5.75 Å². The SMILES string of the molecule is CC(=O)Nc1cc(C(C)N2CCCC(Oc3cc(C)nc(C(F)(F)F)c3)C2)[nH]n1. The number of piperidine rings is 1. The molecule has 1 aliphatic rings. The van der Waals surface area contributed by atoms with E-state index in [1.165, 1.54) is 19.9 Å². The van der Waals surface area contributed by atoms with E-state index >= 15 is 0 Å². The number of nitrogens with one attached hydrogen (secondary N) is 2. The lowest BCUT2D eigenvalue weighted by molar-refractivity contribution is -0.141. The Morgan fingerprint density at radius 2 is 2.14 bits per heavy atom. The van der Waals surface area contributed by atoms with Crippen LogP contribution >= 0.6 is 0 Å². The van der Waals surface area contributed by atoms with Crippen molar-refractivity contribution in [3.63, 3.8) is 0 Å². The fourth-order valence-electron chi connectivity index (χ4n) is 3.45. The van der Waals surface area contributed by atoms with Crippen molar-refractivity contribution >= 4 is 11.7 Å². The number of anilines is 1. The van der Waals surface area contributed by atoms with E-state index in [2.05, 4.69) is 25.4 Å². The molecule has 0 aromatic carbocycles. The largest absolute Gasteiger partial charge is 0.489 e. The van der Waals surface area contributed by atoms with Gasteiger partial charge in [0.05, 0.1) is 5.69 Å². The Morgan fingerprint density at radius 1 is 1.38 bits per heavy atom. The molecule has 2 aromatic heterocycles. The predicted molar refractivity (Wildman–Crippen MR) is 101 cm³/mol. The minimum Gasteiger partial charge on any atom is -0.489 e. The molecular weight excluding hydrogens is 387 g/mol. The third kappa shape index (κ3) is 5.47. The summed E-state index contributed by atoms with van der Waals surface area (Å²) in [5.41, 5.74) is 0.156. The summed E-state index contributed by atoms with van der Waals surface area (Å²) in [6, 6.07) is 4.23. The zero-order chi connectivity index (χ0) is 21.2. The van der Waals surface area contributed by atoms with Gasteiger partial charge in [0.25, 0.3) is 0 Å². The lowest BCUT2D eigenvalue weighted by Gasteiger charge is -2.36. The standard InChI is InChI=1S/C19H24F3N5O2/c1-11-7-15(8-17(23-11)19(20,21)22)29-14-5-4-6-27(10-14)12(2)16-9-18(26-25-16)24-13(3)28/h7-9,12,14H,4-6,10H2,1-3H3,(H2,24,25,26,28). The van der Waals surface area contributed by atoms with Crippen LogP contribution in [0.15, 0.2) is 18.2 Å². The van der Waals surface area contributed by atoms with Gasteiger partial charge in [-0.2, -0.15) is 18.3 Å². The van der Waals surface area contributed by atoms with Gasteiger partial charge in [0, 0.05) is 43.4 Å². The molecule has 1 saturated heterocycles. The third-order valence-corrected chi connectivity index (χ3v) is 4.83. The molecule has 2 unspecified atom stereocenters. The van der Waals surface area contributed by atoms with E-state index in [-0.39, 0.29) is 29.5 Å². The Hall–Kier alpha value is -2.62. The van der Waals surface area contributed by atoms with Crippen molar-refractivity contribution in [2.45, 2.75) is 51.9 Å². The molecule has 29 heavy (non-hydrogen) atoms. The number of aromatic amines is 1. The highest BCUT2D eigenvalue weighted by atomic mass is 19.4. The van der Waals surface area contributed by atoms with E-state index in [1.54, 1.807) is 6.07 Å². The van der Waals surface area contributed by atoms with Crippen molar-refractivity contribution < 1.29 is 22.7 Å². The van der Waals surface area contributed by atoms with Gasteiger partial charge >= 0.3 is 6.18 Å². The number of hydrogen-bond donors (Lipinski definition) is 2. The first-order valence-electron chi connectivity index (χ1n) is 9.41.